The zero-order valence-electron chi connectivity index (χ0n) is 7.54. The molecule has 0 bridgehead atoms. The molecule has 2 nitrogen and oxygen atoms in total. The van der Waals surface area contributed by atoms with Crippen LogP contribution in [0.3, 0.4) is 0 Å². The van der Waals surface area contributed by atoms with E-state index in [0.29, 0.717) is 18.9 Å². The molecule has 0 radical (unpaired) electrons. The molecule has 0 aromatic rings. The van der Waals surface area contributed by atoms with Gasteiger partial charge in [0.05, 0.1) is 6.61 Å². The normalized spacial score (nSPS) is 23.6. The van der Waals surface area contributed by atoms with E-state index < -0.39 is 0 Å². The molecule has 12 heavy (non-hydrogen) atoms. The second-order valence-corrected chi connectivity index (χ2v) is 4.24. The Hall–Kier alpha value is -0.180. The van der Waals surface area contributed by atoms with Gasteiger partial charge in [0, 0.05) is 6.42 Å². The zero-order valence-corrected chi connectivity index (χ0v) is 8.36. The van der Waals surface area contributed by atoms with Crippen LogP contribution in [0.15, 0.2) is 0 Å². The molecule has 1 aliphatic rings. The Bertz CT molecular complexity index is 141. The molecule has 0 saturated carbocycles. The maximum atomic E-state index is 11.1. The highest BCUT2D eigenvalue weighted by atomic mass is 32.2. The van der Waals surface area contributed by atoms with Gasteiger partial charge in [-0.15, -0.1) is 0 Å². The number of ether oxygens (including phenoxy) is 1. The second-order valence-electron chi connectivity index (χ2n) is 3.09. The third-order valence-electron chi connectivity index (χ3n) is 2.02. The number of carbonyl (C=O) groups excluding carboxylic acids is 1. The van der Waals surface area contributed by atoms with Gasteiger partial charge in [0.15, 0.2) is 0 Å². The molecule has 1 atom stereocenters. The predicted octanol–water partition coefficient (Wildman–Crippen LogP) is 2.08. The Labute approximate surface area is 78.1 Å². The van der Waals surface area contributed by atoms with Crippen LogP contribution >= 0.6 is 11.8 Å². The quantitative estimate of drug-likeness (QED) is 0.634. The number of rotatable bonds is 3. The fraction of sp³-hybridized carbons (Fsp3) is 0.889. The van der Waals surface area contributed by atoms with Gasteiger partial charge in [-0.3, -0.25) is 4.79 Å². The summed E-state index contributed by atoms with van der Waals surface area (Å²) < 4.78 is 4.90. The summed E-state index contributed by atoms with van der Waals surface area (Å²) in [6.45, 7) is 2.37. The fourth-order valence-corrected chi connectivity index (χ4v) is 2.58. The van der Waals surface area contributed by atoms with Crippen molar-refractivity contribution in [2.24, 2.45) is 5.92 Å². The molecule has 1 rings (SSSR count). The van der Waals surface area contributed by atoms with Crippen LogP contribution in [0.2, 0.25) is 0 Å². The van der Waals surface area contributed by atoms with E-state index in [0.717, 1.165) is 5.75 Å². The topological polar surface area (TPSA) is 26.3 Å². The molecule has 0 aromatic heterocycles. The molecular formula is C9H16O2S. The van der Waals surface area contributed by atoms with Gasteiger partial charge in [0.1, 0.15) is 0 Å². The third kappa shape index (κ3) is 3.48. The molecule has 1 unspecified atom stereocenters. The number of thioether (sulfide) groups is 1. The first-order valence-corrected chi connectivity index (χ1v) is 5.71. The van der Waals surface area contributed by atoms with Gasteiger partial charge in [-0.2, -0.15) is 11.8 Å². The highest BCUT2D eigenvalue weighted by Crippen LogP contribution is 2.25. The first-order valence-electron chi connectivity index (χ1n) is 4.56. The first-order chi connectivity index (χ1) is 5.83. The number of carbonyl (C=O) groups is 1. The average molecular weight is 188 g/mol. The summed E-state index contributed by atoms with van der Waals surface area (Å²) in [5, 5.41) is 0. The Balaban J connectivity index is 2.15. The smallest absolute Gasteiger partial charge is 0.306 e. The number of hydrogen-bond donors (Lipinski definition) is 0. The molecule has 0 aliphatic carbocycles. The van der Waals surface area contributed by atoms with E-state index in [-0.39, 0.29) is 5.97 Å². The molecule has 3 heteroatoms. The van der Waals surface area contributed by atoms with Crippen LogP contribution in [0, 0.1) is 5.92 Å². The maximum Gasteiger partial charge on any atom is 0.306 e. The molecular weight excluding hydrogens is 172 g/mol. The van der Waals surface area contributed by atoms with Crippen LogP contribution in [0.5, 0.6) is 0 Å². The highest BCUT2D eigenvalue weighted by molar-refractivity contribution is 7.99. The van der Waals surface area contributed by atoms with Crippen molar-refractivity contribution >= 4 is 17.7 Å². The van der Waals surface area contributed by atoms with Crippen molar-refractivity contribution in [3.8, 4) is 0 Å². The van der Waals surface area contributed by atoms with E-state index in [4.69, 9.17) is 4.74 Å². The van der Waals surface area contributed by atoms with Gasteiger partial charge in [-0.1, -0.05) is 0 Å². The summed E-state index contributed by atoms with van der Waals surface area (Å²) in [4.78, 5) is 11.1. The summed E-state index contributed by atoms with van der Waals surface area (Å²) >= 11 is 1.96. The van der Waals surface area contributed by atoms with E-state index in [1.54, 1.807) is 0 Å². The first kappa shape index (κ1) is 9.90. The molecule has 1 fully saturated rings. The SMILES string of the molecule is CCOC(=O)CC1CCCSC1. The van der Waals surface area contributed by atoms with Crippen molar-refractivity contribution in [1.82, 2.24) is 0 Å². The molecule has 1 aliphatic heterocycles. The minimum absolute atomic E-state index is 0.0231. The number of hydrogen-bond acceptors (Lipinski definition) is 3. The van der Waals surface area contributed by atoms with Gasteiger partial charge < -0.3 is 4.74 Å². The van der Waals surface area contributed by atoms with E-state index in [2.05, 4.69) is 0 Å². The van der Waals surface area contributed by atoms with Crippen LogP contribution in [-0.2, 0) is 9.53 Å². The molecule has 70 valence electrons. The third-order valence-corrected chi connectivity index (χ3v) is 3.30. The van der Waals surface area contributed by atoms with Crippen LogP contribution < -0.4 is 0 Å². The van der Waals surface area contributed by atoms with E-state index in [9.17, 15) is 4.79 Å². The molecule has 0 N–H and O–H groups in total. The van der Waals surface area contributed by atoms with Gasteiger partial charge in [0.2, 0.25) is 0 Å². The minimum atomic E-state index is -0.0231. The van der Waals surface area contributed by atoms with Crippen LogP contribution in [0.1, 0.15) is 26.2 Å². The largest absolute Gasteiger partial charge is 0.466 e. The fourth-order valence-electron chi connectivity index (χ4n) is 1.42. The summed E-state index contributed by atoms with van der Waals surface area (Å²) in [5.74, 6) is 2.95. The zero-order chi connectivity index (χ0) is 8.81. The van der Waals surface area contributed by atoms with Crippen molar-refractivity contribution in [2.75, 3.05) is 18.1 Å². The molecule has 0 spiro atoms. The van der Waals surface area contributed by atoms with E-state index >= 15 is 0 Å². The van der Waals surface area contributed by atoms with Crippen molar-refractivity contribution in [3.63, 3.8) is 0 Å². The highest BCUT2D eigenvalue weighted by Gasteiger charge is 2.17. The van der Waals surface area contributed by atoms with Crippen LogP contribution in [0.4, 0.5) is 0 Å². The monoisotopic (exact) mass is 188 g/mol. The van der Waals surface area contributed by atoms with Gasteiger partial charge >= 0.3 is 5.97 Å². The Morgan fingerprint density at radius 3 is 3.08 bits per heavy atom. The summed E-state index contributed by atoms with van der Waals surface area (Å²) in [5.41, 5.74) is 0. The Kier molecular flexibility index (Phi) is 4.51. The van der Waals surface area contributed by atoms with E-state index in [1.165, 1.54) is 18.6 Å². The second kappa shape index (κ2) is 5.46. The Morgan fingerprint density at radius 2 is 2.50 bits per heavy atom. The summed E-state index contributed by atoms with van der Waals surface area (Å²) in [6, 6.07) is 0. The van der Waals surface area contributed by atoms with Crippen molar-refractivity contribution in [2.45, 2.75) is 26.2 Å². The van der Waals surface area contributed by atoms with Crippen LogP contribution in [-0.4, -0.2) is 24.1 Å². The number of esters is 1. The molecule has 1 saturated heterocycles. The van der Waals surface area contributed by atoms with Gasteiger partial charge in [-0.25, -0.2) is 0 Å². The lowest BCUT2D eigenvalue weighted by molar-refractivity contribution is -0.144. The predicted molar refractivity (Wildman–Crippen MR) is 51.3 cm³/mol. The van der Waals surface area contributed by atoms with Crippen molar-refractivity contribution in [3.05, 3.63) is 0 Å². The van der Waals surface area contributed by atoms with Gasteiger partial charge in [0.25, 0.3) is 0 Å². The standard InChI is InChI=1S/C9H16O2S/c1-2-11-9(10)6-8-4-3-5-12-7-8/h8H,2-7H2,1H3. The molecule has 0 amide bonds. The lowest BCUT2D eigenvalue weighted by atomic mass is 10.0. The van der Waals surface area contributed by atoms with Crippen molar-refractivity contribution in [1.29, 1.82) is 0 Å². The lowest BCUT2D eigenvalue weighted by Gasteiger charge is -2.19. The van der Waals surface area contributed by atoms with Crippen LogP contribution in [0.25, 0.3) is 0 Å². The maximum absolute atomic E-state index is 11.1. The van der Waals surface area contributed by atoms with E-state index in [1.807, 2.05) is 18.7 Å². The molecule has 1 heterocycles. The average Bonchev–Trinajstić information content (AvgIpc) is 2.06. The summed E-state index contributed by atoms with van der Waals surface area (Å²) in [6.07, 6.45) is 3.08. The Morgan fingerprint density at radius 1 is 1.67 bits per heavy atom. The lowest BCUT2D eigenvalue weighted by Crippen LogP contribution is -2.16. The van der Waals surface area contributed by atoms with Gasteiger partial charge in [-0.05, 0) is 37.2 Å². The minimum Gasteiger partial charge on any atom is -0.466 e. The summed E-state index contributed by atoms with van der Waals surface area (Å²) in [7, 11) is 0. The van der Waals surface area contributed by atoms with Crippen molar-refractivity contribution < 1.29 is 9.53 Å². The molecule has 0 aromatic carbocycles.